The van der Waals surface area contributed by atoms with Gasteiger partial charge in [0, 0.05) is 5.02 Å². The molecule has 6 nitrogen and oxygen atoms in total. The number of hydrogen-bond acceptors (Lipinski definition) is 5. The first-order valence-corrected chi connectivity index (χ1v) is 9.21. The van der Waals surface area contributed by atoms with Gasteiger partial charge < -0.3 is 9.47 Å². The zero-order chi connectivity index (χ0) is 20.3. The smallest absolute Gasteiger partial charge is 0.270 e. The zero-order valence-electron chi connectivity index (χ0n) is 15.2. The van der Waals surface area contributed by atoms with Crippen LogP contribution in [0.1, 0.15) is 12.5 Å². The molecule has 1 aliphatic rings. The number of hydrogen-bond donors (Lipinski definition) is 1. The van der Waals surface area contributed by atoms with Gasteiger partial charge in [0.1, 0.15) is 5.57 Å². The van der Waals surface area contributed by atoms with E-state index in [0.717, 1.165) is 0 Å². The molecule has 144 valence electrons. The second-order valence-corrected chi connectivity index (χ2v) is 6.60. The molecule has 0 saturated carbocycles. The average Bonchev–Trinajstić information content (AvgIpc) is 2.67. The summed E-state index contributed by atoms with van der Waals surface area (Å²) in [6, 6.07) is 11.7. The molecule has 0 unspecified atom stereocenters. The SMILES string of the molecule is CCOc1ccc(C=C2C(=O)NC(=S)N(c3ccc(Cl)cc3)C2=O)cc1OC. The zero-order valence-corrected chi connectivity index (χ0v) is 16.8. The van der Waals surface area contributed by atoms with Gasteiger partial charge in [-0.3, -0.25) is 19.8 Å². The number of carbonyl (C=O) groups excluding carboxylic acids is 2. The van der Waals surface area contributed by atoms with Gasteiger partial charge in [-0.15, -0.1) is 0 Å². The highest BCUT2D eigenvalue weighted by Gasteiger charge is 2.34. The summed E-state index contributed by atoms with van der Waals surface area (Å²) in [4.78, 5) is 26.6. The van der Waals surface area contributed by atoms with E-state index >= 15 is 0 Å². The molecule has 28 heavy (non-hydrogen) atoms. The van der Waals surface area contributed by atoms with E-state index in [-0.39, 0.29) is 10.7 Å². The number of halogens is 1. The Morgan fingerprint density at radius 3 is 2.50 bits per heavy atom. The third kappa shape index (κ3) is 4.00. The van der Waals surface area contributed by atoms with E-state index in [1.165, 1.54) is 18.1 Å². The van der Waals surface area contributed by atoms with Crippen molar-refractivity contribution < 1.29 is 19.1 Å². The van der Waals surface area contributed by atoms with Crippen LogP contribution in [-0.2, 0) is 9.59 Å². The lowest BCUT2D eigenvalue weighted by Gasteiger charge is -2.29. The van der Waals surface area contributed by atoms with E-state index in [0.29, 0.717) is 34.4 Å². The molecule has 8 heteroatoms. The van der Waals surface area contributed by atoms with Crippen LogP contribution in [0.25, 0.3) is 6.08 Å². The van der Waals surface area contributed by atoms with Gasteiger partial charge in [-0.2, -0.15) is 0 Å². The van der Waals surface area contributed by atoms with Gasteiger partial charge in [0.05, 0.1) is 19.4 Å². The van der Waals surface area contributed by atoms with Crippen molar-refractivity contribution in [2.45, 2.75) is 6.92 Å². The van der Waals surface area contributed by atoms with E-state index in [1.54, 1.807) is 42.5 Å². The molecule has 1 saturated heterocycles. The second-order valence-electron chi connectivity index (χ2n) is 5.78. The predicted molar refractivity (Wildman–Crippen MR) is 112 cm³/mol. The number of thiocarbonyl (C=S) groups is 1. The molecule has 3 rings (SSSR count). The van der Waals surface area contributed by atoms with Gasteiger partial charge in [0.2, 0.25) is 0 Å². The lowest BCUT2D eigenvalue weighted by Crippen LogP contribution is -2.54. The fourth-order valence-electron chi connectivity index (χ4n) is 2.70. The van der Waals surface area contributed by atoms with E-state index in [4.69, 9.17) is 33.3 Å². The standard InChI is InChI=1S/C20H17ClN2O4S/c1-3-27-16-9-4-12(11-17(16)26-2)10-15-18(24)22-20(28)23(19(15)25)14-7-5-13(21)6-8-14/h4-11H,3H2,1-2H3,(H,22,24,28). The van der Waals surface area contributed by atoms with Crippen LogP contribution >= 0.6 is 23.8 Å². The lowest BCUT2D eigenvalue weighted by molar-refractivity contribution is -0.122. The minimum absolute atomic E-state index is 0.0127. The predicted octanol–water partition coefficient (Wildman–Crippen LogP) is 3.58. The topological polar surface area (TPSA) is 67.9 Å². The number of anilines is 1. The van der Waals surface area contributed by atoms with Crippen LogP contribution in [0.15, 0.2) is 48.0 Å². The summed E-state index contributed by atoms with van der Waals surface area (Å²) in [5.74, 6) is -0.00234. The third-order valence-electron chi connectivity index (χ3n) is 3.99. The van der Waals surface area contributed by atoms with Crippen molar-refractivity contribution in [3.05, 3.63) is 58.6 Å². The Balaban J connectivity index is 1.98. The maximum atomic E-state index is 13.0. The molecule has 0 atom stereocenters. The molecule has 2 aromatic rings. The molecule has 1 N–H and O–H groups in total. The summed E-state index contributed by atoms with van der Waals surface area (Å²) in [5.41, 5.74) is 1.08. The summed E-state index contributed by atoms with van der Waals surface area (Å²) in [6.07, 6.45) is 1.49. The molecule has 1 heterocycles. The molecule has 0 spiro atoms. The summed E-state index contributed by atoms with van der Waals surface area (Å²) >= 11 is 11.1. The third-order valence-corrected chi connectivity index (χ3v) is 4.52. The van der Waals surface area contributed by atoms with Gasteiger partial charge in [0.25, 0.3) is 11.8 Å². The number of methoxy groups -OCH3 is 1. The van der Waals surface area contributed by atoms with Crippen LogP contribution in [0.4, 0.5) is 5.69 Å². The maximum absolute atomic E-state index is 13.0. The Kier molecular flexibility index (Phi) is 5.96. The molecule has 0 aliphatic carbocycles. The van der Waals surface area contributed by atoms with E-state index < -0.39 is 11.8 Å². The molecule has 2 amide bonds. The number of benzene rings is 2. The number of nitrogens with zero attached hydrogens (tertiary/aromatic N) is 1. The molecular weight excluding hydrogens is 400 g/mol. The van der Waals surface area contributed by atoms with Crippen LogP contribution < -0.4 is 19.7 Å². The summed E-state index contributed by atoms with van der Waals surface area (Å²) in [6.45, 7) is 2.36. The number of rotatable bonds is 5. The first kappa shape index (κ1) is 19.9. The van der Waals surface area contributed by atoms with Crippen molar-refractivity contribution in [1.29, 1.82) is 0 Å². The quantitative estimate of drug-likeness (QED) is 0.458. The summed E-state index contributed by atoms with van der Waals surface area (Å²) in [5, 5.41) is 3.08. The lowest BCUT2D eigenvalue weighted by atomic mass is 10.1. The van der Waals surface area contributed by atoms with Crippen molar-refractivity contribution in [3.8, 4) is 11.5 Å². The summed E-state index contributed by atoms with van der Waals surface area (Å²) in [7, 11) is 1.52. The fourth-order valence-corrected chi connectivity index (χ4v) is 3.10. The van der Waals surface area contributed by atoms with Crippen molar-refractivity contribution >= 4 is 52.5 Å². The van der Waals surface area contributed by atoms with Crippen molar-refractivity contribution in [1.82, 2.24) is 5.32 Å². The Morgan fingerprint density at radius 1 is 1.14 bits per heavy atom. The van der Waals surface area contributed by atoms with Gasteiger partial charge in [-0.05, 0) is 67.2 Å². The van der Waals surface area contributed by atoms with E-state index in [9.17, 15) is 9.59 Å². The largest absolute Gasteiger partial charge is 0.493 e. The van der Waals surface area contributed by atoms with Crippen molar-refractivity contribution in [2.75, 3.05) is 18.6 Å². The number of carbonyl (C=O) groups is 2. The van der Waals surface area contributed by atoms with Crippen molar-refractivity contribution in [2.24, 2.45) is 0 Å². The van der Waals surface area contributed by atoms with Crippen LogP contribution in [0, 0.1) is 0 Å². The number of amides is 2. The number of ether oxygens (including phenoxy) is 2. The molecule has 0 aromatic heterocycles. The van der Waals surface area contributed by atoms with Crippen LogP contribution in [0.5, 0.6) is 11.5 Å². The highest BCUT2D eigenvalue weighted by atomic mass is 35.5. The van der Waals surface area contributed by atoms with Crippen LogP contribution in [0.2, 0.25) is 5.02 Å². The van der Waals surface area contributed by atoms with Gasteiger partial charge in [0.15, 0.2) is 16.6 Å². The first-order chi connectivity index (χ1) is 13.4. The fraction of sp³-hybridized carbons (Fsp3) is 0.150. The van der Waals surface area contributed by atoms with E-state index in [1.807, 2.05) is 6.92 Å². The molecule has 0 bridgehead atoms. The van der Waals surface area contributed by atoms with E-state index in [2.05, 4.69) is 5.32 Å². The first-order valence-electron chi connectivity index (χ1n) is 8.42. The highest BCUT2D eigenvalue weighted by molar-refractivity contribution is 7.80. The van der Waals surface area contributed by atoms with Crippen LogP contribution in [-0.4, -0.2) is 30.6 Å². The molecule has 1 fully saturated rings. The second kappa shape index (κ2) is 8.41. The monoisotopic (exact) mass is 416 g/mol. The molecule has 1 aliphatic heterocycles. The highest BCUT2D eigenvalue weighted by Crippen LogP contribution is 2.30. The van der Waals surface area contributed by atoms with Gasteiger partial charge >= 0.3 is 0 Å². The minimum atomic E-state index is -0.562. The Labute approximate surface area is 172 Å². The molecule has 0 radical (unpaired) electrons. The van der Waals surface area contributed by atoms with Crippen LogP contribution in [0.3, 0.4) is 0 Å². The minimum Gasteiger partial charge on any atom is -0.493 e. The Morgan fingerprint density at radius 2 is 1.86 bits per heavy atom. The summed E-state index contributed by atoms with van der Waals surface area (Å²) < 4.78 is 10.8. The number of nitrogens with one attached hydrogen (secondary N) is 1. The molecule has 2 aromatic carbocycles. The average molecular weight is 417 g/mol. The van der Waals surface area contributed by atoms with Crippen molar-refractivity contribution in [3.63, 3.8) is 0 Å². The van der Waals surface area contributed by atoms with Gasteiger partial charge in [-0.25, -0.2) is 0 Å². The van der Waals surface area contributed by atoms with Gasteiger partial charge in [-0.1, -0.05) is 17.7 Å². The Bertz CT molecular complexity index is 973. The normalized spacial score (nSPS) is 15.6. The maximum Gasteiger partial charge on any atom is 0.270 e. The molecular formula is C20H17ClN2O4S. The Hall–Kier alpha value is -2.90.